The van der Waals surface area contributed by atoms with Crippen molar-refractivity contribution in [2.75, 3.05) is 22.9 Å². The molecule has 1 aliphatic heterocycles. The van der Waals surface area contributed by atoms with Gasteiger partial charge in [0.1, 0.15) is 0 Å². The Morgan fingerprint density at radius 3 is 2.09 bits per heavy atom. The second kappa shape index (κ2) is 9.87. The van der Waals surface area contributed by atoms with Crippen LogP contribution in [0.1, 0.15) is 17.5 Å². The van der Waals surface area contributed by atoms with Gasteiger partial charge >= 0.3 is 6.03 Å². The second-order valence-electron chi connectivity index (χ2n) is 7.88. The van der Waals surface area contributed by atoms with Gasteiger partial charge in [-0.2, -0.15) is 0 Å². The first-order chi connectivity index (χ1) is 15.9. The highest BCUT2D eigenvalue weighted by atomic mass is 32.2. The average molecular weight is 464 g/mol. The standard InChI is InChI=1S/C25H25N3O4S/c29-24(15-17-33(31,32)23-8-2-1-3-9-23)26-21-10-12-22(13-11-21)27-25(30)28-16-14-19-6-4-5-7-20(19)18-28/h1-13H,14-18H2,(H,26,29)(H,27,30). The van der Waals surface area contributed by atoms with Gasteiger partial charge in [0.2, 0.25) is 5.91 Å². The van der Waals surface area contributed by atoms with Gasteiger partial charge in [-0.1, -0.05) is 42.5 Å². The van der Waals surface area contributed by atoms with Crippen molar-refractivity contribution in [1.29, 1.82) is 0 Å². The van der Waals surface area contributed by atoms with Gasteiger partial charge in [0.25, 0.3) is 0 Å². The third-order valence-electron chi connectivity index (χ3n) is 5.54. The van der Waals surface area contributed by atoms with Crippen molar-refractivity contribution in [3.05, 3.63) is 90.0 Å². The summed E-state index contributed by atoms with van der Waals surface area (Å²) in [6.45, 7) is 1.23. The summed E-state index contributed by atoms with van der Waals surface area (Å²) in [5.41, 5.74) is 3.58. The summed E-state index contributed by atoms with van der Waals surface area (Å²) in [6, 6.07) is 22.8. The highest BCUT2D eigenvalue weighted by Gasteiger charge is 2.20. The molecule has 1 aliphatic rings. The maximum Gasteiger partial charge on any atom is 0.322 e. The topological polar surface area (TPSA) is 95.6 Å². The van der Waals surface area contributed by atoms with Crippen molar-refractivity contribution in [1.82, 2.24) is 4.90 Å². The third kappa shape index (κ3) is 5.78. The summed E-state index contributed by atoms with van der Waals surface area (Å²) >= 11 is 0. The van der Waals surface area contributed by atoms with Crippen molar-refractivity contribution in [2.45, 2.75) is 24.3 Å². The molecule has 1 heterocycles. The fourth-order valence-electron chi connectivity index (χ4n) is 3.70. The van der Waals surface area contributed by atoms with E-state index in [-0.39, 0.29) is 23.1 Å². The number of nitrogens with zero attached hydrogens (tertiary/aromatic N) is 1. The minimum absolute atomic E-state index is 0.147. The zero-order valence-electron chi connectivity index (χ0n) is 18.0. The van der Waals surface area contributed by atoms with Crippen LogP contribution in [0, 0.1) is 0 Å². The monoisotopic (exact) mass is 463 g/mol. The summed E-state index contributed by atoms with van der Waals surface area (Å²) in [5.74, 6) is -0.658. The molecule has 0 saturated carbocycles. The molecule has 0 aromatic heterocycles. The molecule has 3 amide bonds. The minimum atomic E-state index is -3.51. The number of hydrogen-bond donors (Lipinski definition) is 2. The predicted octanol–water partition coefficient (Wildman–Crippen LogP) is 4.08. The van der Waals surface area contributed by atoms with E-state index < -0.39 is 15.7 Å². The summed E-state index contributed by atoms with van der Waals surface area (Å²) in [7, 11) is -3.51. The van der Waals surface area contributed by atoms with Gasteiger partial charge in [-0.3, -0.25) is 4.79 Å². The maximum atomic E-state index is 12.6. The summed E-state index contributed by atoms with van der Waals surface area (Å²) < 4.78 is 24.6. The molecule has 7 nitrogen and oxygen atoms in total. The third-order valence-corrected chi connectivity index (χ3v) is 7.27. The molecule has 0 atom stereocenters. The van der Waals surface area contributed by atoms with Crippen molar-refractivity contribution >= 4 is 33.2 Å². The van der Waals surface area contributed by atoms with E-state index in [2.05, 4.69) is 16.7 Å². The van der Waals surface area contributed by atoms with E-state index in [1.54, 1.807) is 47.4 Å². The average Bonchev–Trinajstić information content (AvgIpc) is 2.84. The van der Waals surface area contributed by atoms with Gasteiger partial charge in [-0.15, -0.1) is 0 Å². The normalized spacial score (nSPS) is 13.2. The van der Waals surface area contributed by atoms with Crippen LogP contribution in [0.15, 0.2) is 83.8 Å². The van der Waals surface area contributed by atoms with Crippen molar-refractivity contribution < 1.29 is 18.0 Å². The number of amides is 3. The number of carbonyl (C=O) groups is 2. The predicted molar refractivity (Wildman–Crippen MR) is 128 cm³/mol. The Morgan fingerprint density at radius 2 is 1.39 bits per heavy atom. The minimum Gasteiger partial charge on any atom is -0.326 e. The van der Waals surface area contributed by atoms with Crippen LogP contribution < -0.4 is 10.6 Å². The molecule has 0 bridgehead atoms. The molecule has 0 aliphatic carbocycles. The zero-order valence-corrected chi connectivity index (χ0v) is 18.8. The van der Waals surface area contributed by atoms with Crippen molar-refractivity contribution in [2.24, 2.45) is 0 Å². The highest BCUT2D eigenvalue weighted by molar-refractivity contribution is 7.91. The number of fused-ring (bicyclic) bond motifs is 1. The Kier molecular flexibility index (Phi) is 6.74. The molecule has 170 valence electrons. The number of benzene rings is 3. The van der Waals surface area contributed by atoms with Crippen LogP contribution in [0.25, 0.3) is 0 Å². The van der Waals surface area contributed by atoms with Crippen molar-refractivity contribution in [3.63, 3.8) is 0 Å². The van der Waals surface area contributed by atoms with E-state index in [1.807, 2.05) is 18.2 Å². The summed E-state index contributed by atoms with van der Waals surface area (Å²) in [4.78, 5) is 26.8. The number of rotatable bonds is 6. The lowest BCUT2D eigenvalue weighted by Crippen LogP contribution is -2.38. The lowest BCUT2D eigenvalue weighted by Gasteiger charge is -2.29. The Morgan fingerprint density at radius 1 is 0.788 bits per heavy atom. The molecule has 8 heteroatoms. The van der Waals surface area contributed by atoms with E-state index in [9.17, 15) is 18.0 Å². The number of carbonyl (C=O) groups excluding carboxylic acids is 2. The summed E-state index contributed by atoms with van der Waals surface area (Å²) in [5, 5.41) is 5.58. The van der Waals surface area contributed by atoms with Crippen LogP contribution in [-0.4, -0.2) is 37.6 Å². The Hall–Kier alpha value is -3.65. The molecule has 4 rings (SSSR count). The molecule has 3 aromatic carbocycles. The van der Waals surface area contributed by atoms with Gasteiger partial charge in [-0.05, 0) is 53.9 Å². The number of nitrogens with one attached hydrogen (secondary N) is 2. The molecule has 33 heavy (non-hydrogen) atoms. The molecule has 0 fully saturated rings. The van der Waals surface area contributed by atoms with Crippen LogP contribution in [0.4, 0.5) is 16.2 Å². The highest BCUT2D eigenvalue weighted by Crippen LogP contribution is 2.20. The number of anilines is 2. The van der Waals surface area contributed by atoms with Gasteiger partial charge in [-0.25, -0.2) is 13.2 Å². The molecule has 0 unspecified atom stereocenters. The lowest BCUT2D eigenvalue weighted by molar-refractivity contribution is -0.115. The van der Waals surface area contributed by atoms with Gasteiger partial charge in [0, 0.05) is 30.9 Å². The number of hydrogen-bond acceptors (Lipinski definition) is 4. The fraction of sp³-hybridized carbons (Fsp3) is 0.200. The maximum absolute atomic E-state index is 12.6. The molecular weight excluding hydrogens is 438 g/mol. The van der Waals surface area contributed by atoms with Crippen LogP contribution >= 0.6 is 0 Å². The van der Waals surface area contributed by atoms with E-state index in [4.69, 9.17) is 0 Å². The van der Waals surface area contributed by atoms with Crippen LogP contribution in [0.5, 0.6) is 0 Å². The molecule has 2 N–H and O–H groups in total. The molecule has 3 aromatic rings. The van der Waals surface area contributed by atoms with E-state index >= 15 is 0 Å². The van der Waals surface area contributed by atoms with Crippen LogP contribution in [0.3, 0.4) is 0 Å². The zero-order chi connectivity index (χ0) is 23.3. The first kappa shape index (κ1) is 22.5. The van der Waals surface area contributed by atoms with Gasteiger partial charge in [0.15, 0.2) is 9.84 Å². The van der Waals surface area contributed by atoms with E-state index in [0.717, 1.165) is 12.0 Å². The Balaban J connectivity index is 1.28. The fourth-order valence-corrected chi connectivity index (χ4v) is 4.97. The SMILES string of the molecule is O=C(CCS(=O)(=O)c1ccccc1)Nc1ccc(NC(=O)N2CCc3ccccc3C2)cc1. The second-order valence-corrected chi connectivity index (χ2v) is 9.99. The quantitative estimate of drug-likeness (QED) is 0.576. The van der Waals surface area contributed by atoms with Gasteiger partial charge in [0.05, 0.1) is 10.6 Å². The number of sulfone groups is 1. The lowest BCUT2D eigenvalue weighted by atomic mass is 10.0. The van der Waals surface area contributed by atoms with Gasteiger partial charge < -0.3 is 15.5 Å². The van der Waals surface area contributed by atoms with Crippen LogP contribution in [-0.2, 0) is 27.6 Å². The van der Waals surface area contributed by atoms with Crippen molar-refractivity contribution in [3.8, 4) is 0 Å². The molecule has 0 saturated heterocycles. The Bertz CT molecular complexity index is 1240. The molecule has 0 spiro atoms. The molecular formula is C25H25N3O4S. The summed E-state index contributed by atoms with van der Waals surface area (Å²) in [6.07, 6.45) is 0.681. The van der Waals surface area contributed by atoms with E-state index in [0.29, 0.717) is 24.5 Å². The van der Waals surface area contributed by atoms with E-state index in [1.165, 1.54) is 17.7 Å². The Labute approximate surface area is 193 Å². The van der Waals surface area contributed by atoms with Crippen LogP contribution in [0.2, 0.25) is 0 Å². The number of urea groups is 1. The largest absolute Gasteiger partial charge is 0.326 e. The molecule has 0 radical (unpaired) electrons. The smallest absolute Gasteiger partial charge is 0.322 e. The first-order valence-corrected chi connectivity index (χ1v) is 12.4. The first-order valence-electron chi connectivity index (χ1n) is 10.7.